The predicted octanol–water partition coefficient (Wildman–Crippen LogP) is 3.89. The molecule has 0 saturated heterocycles. The minimum absolute atomic E-state index is 0.158. The number of nitro benzene ring substituents is 1. The zero-order valence-corrected chi connectivity index (χ0v) is 15.5. The molecule has 1 aromatic carbocycles. The zero-order chi connectivity index (χ0) is 19.6. The van der Waals surface area contributed by atoms with Crippen LogP contribution in [0.1, 0.15) is 16.1 Å². The van der Waals surface area contributed by atoms with Crippen molar-refractivity contribution in [2.45, 2.75) is 6.92 Å². The van der Waals surface area contributed by atoms with Gasteiger partial charge in [0.2, 0.25) is 0 Å². The van der Waals surface area contributed by atoms with Crippen molar-refractivity contribution in [3.63, 3.8) is 0 Å². The number of carbonyl (C=O) groups excluding carboxylic acids is 1. The highest BCUT2D eigenvalue weighted by molar-refractivity contribution is 7.14. The molecule has 0 aliphatic carbocycles. The largest absolute Gasteiger partial charge is 0.493 e. The van der Waals surface area contributed by atoms with E-state index in [1.54, 1.807) is 17.5 Å². The summed E-state index contributed by atoms with van der Waals surface area (Å²) in [6, 6.07) is 5.98. The summed E-state index contributed by atoms with van der Waals surface area (Å²) in [7, 11) is 2.73. The summed E-state index contributed by atoms with van der Waals surface area (Å²) < 4.78 is 15.7. The molecule has 0 fully saturated rings. The number of anilines is 1. The third-order valence-electron chi connectivity index (χ3n) is 3.66. The molecule has 3 aromatic rings. The SMILES string of the molecule is COc1cc(C(=O)Nc2nc(-c3ccc(C)o3)cs2)c([N+](=O)[O-])cc1OC. The van der Waals surface area contributed by atoms with Crippen LogP contribution in [-0.4, -0.2) is 30.0 Å². The number of furan rings is 1. The van der Waals surface area contributed by atoms with Gasteiger partial charge in [-0.1, -0.05) is 0 Å². The van der Waals surface area contributed by atoms with Gasteiger partial charge in [-0.05, 0) is 19.1 Å². The fourth-order valence-corrected chi connectivity index (χ4v) is 3.08. The van der Waals surface area contributed by atoms with Crippen LogP contribution in [0.5, 0.6) is 11.5 Å². The van der Waals surface area contributed by atoms with Gasteiger partial charge in [0.1, 0.15) is 17.0 Å². The summed E-state index contributed by atoms with van der Waals surface area (Å²) in [5, 5.41) is 15.9. The third kappa shape index (κ3) is 3.75. The number of nitrogens with one attached hydrogen (secondary N) is 1. The number of nitrogens with zero attached hydrogens (tertiary/aromatic N) is 2. The molecule has 2 heterocycles. The topological polar surface area (TPSA) is 117 Å². The fraction of sp³-hybridized carbons (Fsp3) is 0.176. The van der Waals surface area contributed by atoms with Crippen molar-refractivity contribution in [3.05, 3.63) is 51.1 Å². The molecule has 27 heavy (non-hydrogen) atoms. The highest BCUT2D eigenvalue weighted by Crippen LogP contribution is 2.35. The highest BCUT2D eigenvalue weighted by Gasteiger charge is 2.25. The first kappa shape index (κ1) is 18.4. The number of aryl methyl sites for hydroxylation is 1. The average molecular weight is 389 g/mol. The Balaban J connectivity index is 1.90. The Bertz CT molecular complexity index is 1010. The van der Waals surface area contributed by atoms with Crippen LogP contribution in [0, 0.1) is 17.0 Å². The molecule has 0 spiro atoms. The molecule has 9 nitrogen and oxygen atoms in total. The van der Waals surface area contributed by atoms with E-state index in [0.717, 1.165) is 11.8 Å². The molecule has 0 bridgehead atoms. The number of hydrogen-bond donors (Lipinski definition) is 1. The van der Waals surface area contributed by atoms with Crippen molar-refractivity contribution >= 4 is 28.1 Å². The van der Waals surface area contributed by atoms with E-state index in [2.05, 4.69) is 10.3 Å². The van der Waals surface area contributed by atoms with Gasteiger partial charge in [-0.25, -0.2) is 4.98 Å². The number of nitro groups is 1. The lowest BCUT2D eigenvalue weighted by atomic mass is 10.1. The maximum atomic E-state index is 12.6. The number of thiazole rings is 1. The second kappa shape index (κ2) is 7.46. The van der Waals surface area contributed by atoms with Crippen LogP contribution >= 0.6 is 11.3 Å². The number of ether oxygens (including phenoxy) is 2. The molecule has 0 aliphatic heterocycles. The van der Waals surface area contributed by atoms with Gasteiger partial charge >= 0.3 is 0 Å². The number of carbonyl (C=O) groups is 1. The molecular weight excluding hydrogens is 374 g/mol. The van der Waals surface area contributed by atoms with Gasteiger partial charge in [-0.3, -0.25) is 20.2 Å². The second-order valence-electron chi connectivity index (χ2n) is 5.38. The number of amides is 1. The number of hydrogen-bond acceptors (Lipinski definition) is 8. The zero-order valence-electron chi connectivity index (χ0n) is 14.6. The summed E-state index contributed by atoms with van der Waals surface area (Å²) in [4.78, 5) is 27.6. The van der Waals surface area contributed by atoms with Gasteiger partial charge in [-0.15, -0.1) is 11.3 Å². The Labute approximate surface area is 157 Å². The molecular formula is C17H15N3O6S. The van der Waals surface area contributed by atoms with E-state index in [1.807, 2.05) is 6.92 Å². The first-order valence-corrected chi connectivity index (χ1v) is 8.55. The van der Waals surface area contributed by atoms with E-state index in [4.69, 9.17) is 13.9 Å². The van der Waals surface area contributed by atoms with Gasteiger partial charge in [0, 0.05) is 11.4 Å². The molecule has 1 N–H and O–H groups in total. The second-order valence-corrected chi connectivity index (χ2v) is 6.24. The summed E-state index contributed by atoms with van der Waals surface area (Å²) >= 11 is 1.18. The lowest BCUT2D eigenvalue weighted by Gasteiger charge is -2.10. The Morgan fingerprint density at radius 2 is 1.96 bits per heavy atom. The monoisotopic (exact) mass is 389 g/mol. The average Bonchev–Trinajstić information content (AvgIpc) is 3.29. The number of aromatic nitrogens is 1. The summed E-state index contributed by atoms with van der Waals surface area (Å²) in [6.07, 6.45) is 0. The first-order valence-electron chi connectivity index (χ1n) is 7.67. The number of methoxy groups -OCH3 is 2. The summed E-state index contributed by atoms with van der Waals surface area (Å²) in [5.41, 5.74) is -0.00274. The van der Waals surface area contributed by atoms with E-state index in [1.165, 1.54) is 31.6 Å². The van der Waals surface area contributed by atoms with Crippen LogP contribution in [0.25, 0.3) is 11.5 Å². The molecule has 3 rings (SSSR count). The standard InChI is InChI=1S/C17H15N3O6S/c1-9-4-5-13(26-9)11-8-27-17(18-11)19-16(21)10-6-14(24-2)15(25-3)7-12(10)20(22)23/h4-8H,1-3H3,(H,18,19,21). The van der Waals surface area contributed by atoms with E-state index >= 15 is 0 Å². The molecule has 0 radical (unpaired) electrons. The molecule has 0 unspecified atom stereocenters. The maximum Gasteiger partial charge on any atom is 0.286 e. The van der Waals surface area contributed by atoms with Crippen molar-refractivity contribution in [2.75, 3.05) is 19.5 Å². The lowest BCUT2D eigenvalue weighted by molar-refractivity contribution is -0.385. The first-order chi connectivity index (χ1) is 12.9. The number of benzene rings is 1. The summed E-state index contributed by atoms with van der Waals surface area (Å²) in [6.45, 7) is 1.81. The van der Waals surface area contributed by atoms with Gasteiger partial charge < -0.3 is 13.9 Å². The van der Waals surface area contributed by atoms with E-state index in [0.29, 0.717) is 11.5 Å². The minimum atomic E-state index is -0.681. The smallest absolute Gasteiger partial charge is 0.286 e. The van der Waals surface area contributed by atoms with E-state index < -0.39 is 16.5 Å². The Morgan fingerprint density at radius 3 is 2.56 bits per heavy atom. The summed E-state index contributed by atoms with van der Waals surface area (Å²) in [5.74, 6) is 0.995. The molecule has 2 aromatic heterocycles. The normalized spacial score (nSPS) is 10.5. The van der Waals surface area contributed by atoms with Crippen LogP contribution in [0.3, 0.4) is 0 Å². The maximum absolute atomic E-state index is 12.6. The molecule has 10 heteroatoms. The molecule has 1 amide bonds. The van der Waals surface area contributed by atoms with Crippen LogP contribution in [0.2, 0.25) is 0 Å². The van der Waals surface area contributed by atoms with Crippen molar-refractivity contribution in [3.8, 4) is 23.0 Å². The van der Waals surface area contributed by atoms with Crippen molar-refractivity contribution in [2.24, 2.45) is 0 Å². The molecule has 140 valence electrons. The Kier molecular flexibility index (Phi) is 5.08. The predicted molar refractivity (Wildman–Crippen MR) is 98.7 cm³/mol. The van der Waals surface area contributed by atoms with Crippen molar-refractivity contribution < 1.29 is 23.6 Å². The van der Waals surface area contributed by atoms with Gasteiger partial charge in [-0.2, -0.15) is 0 Å². The van der Waals surface area contributed by atoms with E-state index in [9.17, 15) is 14.9 Å². The van der Waals surface area contributed by atoms with Gasteiger partial charge in [0.15, 0.2) is 22.4 Å². The molecule has 0 aliphatic rings. The lowest BCUT2D eigenvalue weighted by Crippen LogP contribution is -2.14. The Hall–Kier alpha value is -3.40. The van der Waals surface area contributed by atoms with E-state index in [-0.39, 0.29) is 22.2 Å². The Morgan fingerprint density at radius 1 is 1.26 bits per heavy atom. The number of rotatable bonds is 6. The van der Waals surface area contributed by atoms with Crippen molar-refractivity contribution in [1.82, 2.24) is 4.98 Å². The fourth-order valence-electron chi connectivity index (χ4n) is 2.38. The van der Waals surface area contributed by atoms with Crippen LogP contribution in [-0.2, 0) is 0 Å². The van der Waals surface area contributed by atoms with Crippen LogP contribution in [0.15, 0.2) is 34.1 Å². The third-order valence-corrected chi connectivity index (χ3v) is 4.42. The van der Waals surface area contributed by atoms with Crippen LogP contribution in [0.4, 0.5) is 10.8 Å². The quantitative estimate of drug-likeness (QED) is 0.502. The van der Waals surface area contributed by atoms with Crippen LogP contribution < -0.4 is 14.8 Å². The van der Waals surface area contributed by atoms with Gasteiger partial charge in [0.25, 0.3) is 11.6 Å². The molecule has 0 atom stereocenters. The van der Waals surface area contributed by atoms with Crippen molar-refractivity contribution in [1.29, 1.82) is 0 Å². The molecule has 0 saturated carbocycles. The van der Waals surface area contributed by atoms with Gasteiger partial charge in [0.05, 0.1) is 25.2 Å². The minimum Gasteiger partial charge on any atom is -0.493 e. The highest BCUT2D eigenvalue weighted by atomic mass is 32.1.